The van der Waals surface area contributed by atoms with Crippen LogP contribution in [0.2, 0.25) is 0 Å². The number of aliphatic carboxylic acids is 2. The molecule has 0 bridgehead atoms. The first-order valence-corrected chi connectivity index (χ1v) is 7.44. The molecule has 0 fully saturated rings. The molecular weight excluding hydrogens is 244 g/mol. The second kappa shape index (κ2) is 10.8. The zero-order valence-corrected chi connectivity index (χ0v) is 12.2. The summed E-state index contributed by atoms with van der Waals surface area (Å²) in [5.41, 5.74) is 0. The fraction of sp³-hybridized carbons (Fsp3) is 0.867. The summed E-state index contributed by atoms with van der Waals surface area (Å²) in [7, 11) is 0. The van der Waals surface area contributed by atoms with Gasteiger partial charge in [0.05, 0.1) is 0 Å². The van der Waals surface area contributed by atoms with Crippen molar-refractivity contribution in [1.82, 2.24) is 0 Å². The molecule has 0 aromatic carbocycles. The summed E-state index contributed by atoms with van der Waals surface area (Å²) in [6, 6.07) is 0. The molecule has 0 saturated carbocycles. The van der Waals surface area contributed by atoms with Crippen molar-refractivity contribution in [2.24, 2.45) is 11.8 Å². The van der Waals surface area contributed by atoms with Crippen LogP contribution in [-0.2, 0) is 9.59 Å². The number of carboxylic acid groups (broad SMARTS) is 2. The monoisotopic (exact) mass is 272 g/mol. The van der Waals surface area contributed by atoms with Crippen LogP contribution in [0.15, 0.2) is 0 Å². The van der Waals surface area contributed by atoms with E-state index < -0.39 is 11.9 Å². The van der Waals surface area contributed by atoms with Gasteiger partial charge >= 0.3 is 11.9 Å². The predicted octanol–water partition coefficient (Wildman–Crippen LogP) is 3.94. The molecule has 0 aliphatic carbocycles. The van der Waals surface area contributed by atoms with Gasteiger partial charge in [-0.25, -0.2) is 0 Å². The highest BCUT2D eigenvalue weighted by molar-refractivity contribution is 5.66. The summed E-state index contributed by atoms with van der Waals surface area (Å²) >= 11 is 0. The molecule has 112 valence electrons. The van der Waals surface area contributed by atoms with Crippen LogP contribution >= 0.6 is 0 Å². The van der Waals surface area contributed by atoms with Crippen LogP contribution in [0.3, 0.4) is 0 Å². The highest BCUT2D eigenvalue weighted by Gasteiger charge is 2.21. The van der Waals surface area contributed by atoms with E-state index >= 15 is 0 Å². The van der Waals surface area contributed by atoms with Crippen molar-refractivity contribution in [3.8, 4) is 0 Å². The number of carbonyl (C=O) groups is 2. The molecule has 2 N–H and O–H groups in total. The Bertz CT molecular complexity index is 263. The van der Waals surface area contributed by atoms with Gasteiger partial charge in [0.25, 0.3) is 0 Å². The Morgan fingerprint density at radius 1 is 0.789 bits per heavy atom. The molecule has 0 radical (unpaired) electrons. The van der Waals surface area contributed by atoms with E-state index in [4.69, 9.17) is 10.2 Å². The van der Waals surface area contributed by atoms with E-state index in [1.54, 1.807) is 0 Å². The van der Waals surface area contributed by atoms with Crippen molar-refractivity contribution in [3.63, 3.8) is 0 Å². The van der Waals surface area contributed by atoms with Crippen LogP contribution < -0.4 is 0 Å². The Kier molecular flexibility index (Phi) is 10.2. The predicted molar refractivity (Wildman–Crippen MR) is 75.2 cm³/mol. The van der Waals surface area contributed by atoms with Crippen molar-refractivity contribution in [2.75, 3.05) is 0 Å². The van der Waals surface area contributed by atoms with Crippen LogP contribution in [-0.4, -0.2) is 22.2 Å². The Morgan fingerprint density at radius 2 is 1.26 bits per heavy atom. The average molecular weight is 272 g/mol. The highest BCUT2D eigenvalue weighted by atomic mass is 16.4. The third-order valence-electron chi connectivity index (χ3n) is 3.68. The van der Waals surface area contributed by atoms with Crippen molar-refractivity contribution in [2.45, 2.75) is 71.6 Å². The molecule has 2 atom stereocenters. The summed E-state index contributed by atoms with van der Waals surface area (Å²) in [6.45, 7) is 4.25. The van der Waals surface area contributed by atoms with E-state index in [9.17, 15) is 9.59 Å². The summed E-state index contributed by atoms with van der Waals surface area (Å²) in [4.78, 5) is 21.3. The molecule has 0 saturated heterocycles. The third-order valence-corrected chi connectivity index (χ3v) is 3.68. The normalized spacial score (nSPS) is 14.0. The van der Waals surface area contributed by atoms with E-state index in [1.807, 2.05) is 0 Å². The first-order valence-electron chi connectivity index (χ1n) is 7.44. The topological polar surface area (TPSA) is 74.6 Å². The van der Waals surface area contributed by atoms with E-state index in [1.165, 1.54) is 0 Å². The molecule has 0 aliphatic heterocycles. The van der Waals surface area contributed by atoms with Gasteiger partial charge in [0.15, 0.2) is 0 Å². The second-order valence-corrected chi connectivity index (χ2v) is 5.32. The first kappa shape index (κ1) is 17.9. The van der Waals surface area contributed by atoms with E-state index in [0.29, 0.717) is 18.3 Å². The summed E-state index contributed by atoms with van der Waals surface area (Å²) < 4.78 is 0. The summed E-state index contributed by atoms with van der Waals surface area (Å²) in [6.07, 6.45) is 7.03. The minimum Gasteiger partial charge on any atom is -0.481 e. The molecule has 0 spiro atoms. The van der Waals surface area contributed by atoms with Gasteiger partial charge in [-0.3, -0.25) is 9.59 Å². The maximum absolute atomic E-state index is 10.7. The minimum atomic E-state index is -0.743. The zero-order chi connectivity index (χ0) is 14.7. The molecule has 4 nitrogen and oxygen atoms in total. The molecule has 0 aliphatic rings. The van der Waals surface area contributed by atoms with Gasteiger partial charge in [0.2, 0.25) is 0 Å². The molecule has 2 unspecified atom stereocenters. The van der Waals surface area contributed by atoms with Gasteiger partial charge in [0, 0.05) is 12.8 Å². The van der Waals surface area contributed by atoms with Gasteiger partial charge in [-0.1, -0.05) is 39.5 Å². The molecular formula is C15H28O4. The highest BCUT2D eigenvalue weighted by Crippen LogP contribution is 2.31. The Labute approximate surface area is 116 Å². The average Bonchev–Trinajstić information content (AvgIpc) is 2.33. The van der Waals surface area contributed by atoms with Crippen molar-refractivity contribution < 1.29 is 19.8 Å². The smallest absolute Gasteiger partial charge is 0.303 e. The molecule has 19 heavy (non-hydrogen) atoms. The van der Waals surface area contributed by atoms with Crippen LogP contribution in [0.1, 0.15) is 71.6 Å². The maximum Gasteiger partial charge on any atom is 0.303 e. The lowest BCUT2D eigenvalue weighted by Crippen LogP contribution is -2.17. The zero-order valence-electron chi connectivity index (χ0n) is 12.2. The van der Waals surface area contributed by atoms with Crippen molar-refractivity contribution in [1.29, 1.82) is 0 Å². The van der Waals surface area contributed by atoms with Crippen LogP contribution in [0.4, 0.5) is 0 Å². The van der Waals surface area contributed by atoms with Crippen molar-refractivity contribution in [3.05, 3.63) is 0 Å². The van der Waals surface area contributed by atoms with E-state index in [2.05, 4.69) is 13.8 Å². The van der Waals surface area contributed by atoms with Crippen molar-refractivity contribution >= 4 is 11.9 Å². The van der Waals surface area contributed by atoms with E-state index in [-0.39, 0.29) is 12.8 Å². The number of hydrogen-bond acceptors (Lipinski definition) is 2. The van der Waals surface area contributed by atoms with E-state index in [0.717, 1.165) is 38.5 Å². The Balaban J connectivity index is 4.37. The van der Waals surface area contributed by atoms with Gasteiger partial charge in [-0.2, -0.15) is 0 Å². The number of hydrogen-bond donors (Lipinski definition) is 2. The maximum atomic E-state index is 10.7. The minimum absolute atomic E-state index is 0.220. The molecule has 0 aromatic rings. The fourth-order valence-corrected chi connectivity index (χ4v) is 2.80. The molecule has 0 amide bonds. The molecule has 0 aromatic heterocycles. The van der Waals surface area contributed by atoms with Crippen LogP contribution in [0.25, 0.3) is 0 Å². The third kappa shape index (κ3) is 9.51. The summed E-state index contributed by atoms with van der Waals surface area (Å²) in [5.74, 6) is -0.576. The Hall–Kier alpha value is -1.06. The molecule has 0 rings (SSSR count). The lowest BCUT2D eigenvalue weighted by Gasteiger charge is -2.26. The quantitative estimate of drug-likeness (QED) is 0.564. The Morgan fingerprint density at radius 3 is 1.68 bits per heavy atom. The largest absolute Gasteiger partial charge is 0.481 e. The second-order valence-electron chi connectivity index (χ2n) is 5.32. The molecule has 4 heteroatoms. The van der Waals surface area contributed by atoms with Gasteiger partial charge < -0.3 is 10.2 Å². The van der Waals surface area contributed by atoms with Crippen LogP contribution in [0, 0.1) is 11.8 Å². The van der Waals surface area contributed by atoms with Gasteiger partial charge in [0.1, 0.15) is 0 Å². The summed E-state index contributed by atoms with van der Waals surface area (Å²) in [5, 5.41) is 17.5. The number of rotatable bonds is 12. The van der Waals surface area contributed by atoms with Gasteiger partial charge in [-0.05, 0) is 31.1 Å². The lowest BCUT2D eigenvalue weighted by molar-refractivity contribution is -0.138. The first-order chi connectivity index (χ1) is 9.01. The fourth-order valence-electron chi connectivity index (χ4n) is 2.80. The van der Waals surface area contributed by atoms with Gasteiger partial charge in [-0.15, -0.1) is 0 Å². The molecule has 0 heterocycles. The number of carboxylic acids is 2. The van der Waals surface area contributed by atoms with Crippen LogP contribution in [0.5, 0.6) is 0 Å². The SMILES string of the molecule is CCCC(CCCC(=O)O)C(CCC)CCC(=O)O. The standard InChI is InChI=1S/C15H28O4/c1-3-6-12(8-5-9-14(16)17)13(7-4-2)10-11-15(18)19/h12-13H,3-11H2,1-2H3,(H,16,17)(H,18,19). The lowest BCUT2D eigenvalue weighted by atomic mass is 9.79.